The number of benzene rings is 3. The summed E-state index contributed by atoms with van der Waals surface area (Å²) >= 11 is 0. The van der Waals surface area contributed by atoms with Crippen molar-refractivity contribution in [3.8, 4) is 28.7 Å². The summed E-state index contributed by atoms with van der Waals surface area (Å²) in [5, 5.41) is 3.60. The Bertz CT molecular complexity index is 1880. The first kappa shape index (κ1) is 34.1. The number of methoxy groups -OCH3 is 3. The van der Waals surface area contributed by atoms with Crippen LogP contribution >= 0.6 is 0 Å². The van der Waals surface area contributed by atoms with E-state index in [4.69, 9.17) is 23.7 Å². The van der Waals surface area contributed by atoms with E-state index in [1.807, 2.05) is 53.4 Å². The summed E-state index contributed by atoms with van der Waals surface area (Å²) in [6.45, 7) is 5.72. The average molecular weight is 697 g/mol. The van der Waals surface area contributed by atoms with Gasteiger partial charge in [0.2, 0.25) is 12.0 Å². The van der Waals surface area contributed by atoms with Crippen LogP contribution in [0.2, 0.25) is 0 Å². The van der Waals surface area contributed by atoms with Crippen LogP contribution in [0, 0.1) is 5.41 Å². The van der Waals surface area contributed by atoms with Crippen molar-refractivity contribution in [2.75, 3.05) is 70.9 Å². The summed E-state index contributed by atoms with van der Waals surface area (Å²) in [5.74, 6) is 2.34. The molecule has 1 fully saturated rings. The molecule has 12 heteroatoms. The number of nitrogens with zero attached hydrogens (tertiary/aromatic N) is 3. The molecule has 3 heterocycles. The first-order valence-electron chi connectivity index (χ1n) is 17.2. The molecular weight excluding hydrogens is 652 g/mol. The molecule has 7 rings (SSSR count). The van der Waals surface area contributed by atoms with E-state index < -0.39 is 12.1 Å². The summed E-state index contributed by atoms with van der Waals surface area (Å²) in [6, 6.07) is 18.0. The molecule has 0 spiro atoms. The van der Waals surface area contributed by atoms with E-state index >= 15 is 0 Å². The Labute approximate surface area is 297 Å². The van der Waals surface area contributed by atoms with Crippen LogP contribution in [0.3, 0.4) is 0 Å². The van der Waals surface area contributed by atoms with E-state index in [1.165, 1.54) is 0 Å². The normalized spacial score (nSPS) is 20.8. The summed E-state index contributed by atoms with van der Waals surface area (Å²) in [6.07, 6.45) is 0.254. The van der Waals surface area contributed by atoms with Crippen LogP contribution in [0.15, 0.2) is 71.9 Å². The van der Waals surface area contributed by atoms with E-state index in [1.54, 1.807) is 43.3 Å². The lowest BCUT2D eigenvalue weighted by Crippen LogP contribution is -2.56. The number of ketones is 1. The summed E-state index contributed by atoms with van der Waals surface area (Å²) in [4.78, 5) is 47.5. The zero-order valence-electron chi connectivity index (χ0n) is 29.7. The number of fused-ring (bicyclic) bond motifs is 2. The third kappa shape index (κ3) is 6.50. The SMILES string of the molecule is COc1cc(OC)c(C2C3=C(CC(C)(C)CC3=O)Nc3ccccc3N2CC(=O)N2CCN(C(=O)C3COc4ccccc4O3)CC2)cc1OC. The van der Waals surface area contributed by atoms with Crippen molar-refractivity contribution in [1.82, 2.24) is 9.80 Å². The molecule has 12 nitrogen and oxygen atoms in total. The largest absolute Gasteiger partial charge is 0.496 e. The predicted octanol–water partition coefficient (Wildman–Crippen LogP) is 4.84. The van der Waals surface area contributed by atoms with E-state index in [0.717, 1.165) is 17.1 Å². The number of hydrogen-bond donors (Lipinski definition) is 1. The van der Waals surface area contributed by atoms with Crippen molar-refractivity contribution in [1.29, 1.82) is 0 Å². The summed E-state index contributed by atoms with van der Waals surface area (Å²) in [7, 11) is 4.70. The number of para-hydroxylation sites is 4. The highest BCUT2D eigenvalue weighted by Gasteiger charge is 2.44. The van der Waals surface area contributed by atoms with Gasteiger partial charge in [-0.15, -0.1) is 0 Å². The maximum atomic E-state index is 14.3. The molecule has 268 valence electrons. The number of allylic oxidation sites excluding steroid dienone is 1. The molecule has 51 heavy (non-hydrogen) atoms. The molecule has 3 aliphatic heterocycles. The second-order valence-electron chi connectivity index (χ2n) is 14.0. The van der Waals surface area contributed by atoms with Crippen LogP contribution in [0.1, 0.15) is 38.3 Å². The lowest BCUT2D eigenvalue weighted by atomic mass is 9.73. The standard InChI is InChI=1S/C39H44N4O8/c1-39(2)20-26-36(28(44)21-39)37(24-18-32(48-4)33(49-5)19-31(24)47-3)43(27-11-7-6-10-25(27)40-26)22-35(45)41-14-16-42(17-15-41)38(46)34-23-50-29-12-8-9-13-30(29)51-34/h6-13,18-19,34,37,40H,14-17,20-23H2,1-5H3. The molecule has 3 aromatic carbocycles. The molecule has 0 radical (unpaired) electrons. The van der Waals surface area contributed by atoms with Crippen molar-refractivity contribution >= 4 is 29.0 Å². The van der Waals surface area contributed by atoms with Gasteiger partial charge in [-0.3, -0.25) is 14.4 Å². The lowest BCUT2D eigenvalue weighted by Gasteiger charge is -2.40. The number of amides is 2. The number of nitrogens with one attached hydrogen (secondary N) is 1. The number of rotatable bonds is 7. The van der Waals surface area contributed by atoms with E-state index in [9.17, 15) is 14.4 Å². The number of hydrogen-bond acceptors (Lipinski definition) is 10. The van der Waals surface area contributed by atoms with Crippen LogP contribution in [0.4, 0.5) is 11.4 Å². The highest BCUT2D eigenvalue weighted by atomic mass is 16.6. The van der Waals surface area contributed by atoms with Crippen LogP contribution in [-0.2, 0) is 14.4 Å². The van der Waals surface area contributed by atoms with Gasteiger partial charge in [0, 0.05) is 55.5 Å². The van der Waals surface area contributed by atoms with Gasteiger partial charge in [-0.1, -0.05) is 38.1 Å². The minimum absolute atomic E-state index is 0.00417. The maximum absolute atomic E-state index is 14.3. The second kappa shape index (κ2) is 13.7. The molecular formula is C39H44N4O8. The number of carbonyl (C=O) groups excluding carboxylic acids is 3. The minimum Gasteiger partial charge on any atom is -0.496 e. The van der Waals surface area contributed by atoms with Crippen molar-refractivity contribution in [2.45, 2.75) is 38.8 Å². The van der Waals surface area contributed by atoms with Gasteiger partial charge in [-0.25, -0.2) is 0 Å². The smallest absolute Gasteiger partial charge is 0.267 e. The highest BCUT2D eigenvalue weighted by molar-refractivity contribution is 6.02. The third-order valence-corrected chi connectivity index (χ3v) is 10.1. The van der Waals surface area contributed by atoms with Crippen molar-refractivity contribution in [3.63, 3.8) is 0 Å². The van der Waals surface area contributed by atoms with Crippen molar-refractivity contribution in [2.24, 2.45) is 5.41 Å². The Morgan fingerprint density at radius 2 is 1.49 bits per heavy atom. The fourth-order valence-corrected chi connectivity index (χ4v) is 7.58. The van der Waals surface area contributed by atoms with Crippen LogP contribution in [0.5, 0.6) is 28.7 Å². The molecule has 1 N–H and O–H groups in total. The number of piperazine rings is 1. The van der Waals surface area contributed by atoms with Gasteiger partial charge in [-0.2, -0.15) is 0 Å². The highest BCUT2D eigenvalue weighted by Crippen LogP contribution is 2.51. The Hall–Kier alpha value is -5.39. The van der Waals surface area contributed by atoms with Gasteiger partial charge >= 0.3 is 0 Å². The predicted molar refractivity (Wildman–Crippen MR) is 191 cm³/mol. The zero-order chi connectivity index (χ0) is 35.9. The molecule has 3 aromatic rings. The van der Waals surface area contributed by atoms with Crippen molar-refractivity contribution < 1.29 is 38.1 Å². The van der Waals surface area contributed by atoms with Gasteiger partial charge in [0.25, 0.3) is 5.91 Å². The van der Waals surface area contributed by atoms with E-state index in [0.29, 0.717) is 78.9 Å². The molecule has 0 aromatic heterocycles. The molecule has 0 bridgehead atoms. The van der Waals surface area contributed by atoms with E-state index in [-0.39, 0.29) is 36.2 Å². The maximum Gasteiger partial charge on any atom is 0.267 e. The molecule has 2 unspecified atom stereocenters. The fourth-order valence-electron chi connectivity index (χ4n) is 7.58. The quantitative estimate of drug-likeness (QED) is 0.368. The first-order chi connectivity index (χ1) is 24.6. The Balaban J connectivity index is 1.20. The molecule has 2 atom stereocenters. The average Bonchev–Trinajstić information content (AvgIpc) is 3.27. The fraction of sp³-hybridized carbons (Fsp3) is 0.410. The number of Topliss-reactive ketones (excluding diaryl/α,β-unsaturated/α-hetero) is 1. The van der Waals surface area contributed by atoms with Crippen LogP contribution in [-0.4, -0.2) is 94.2 Å². The Morgan fingerprint density at radius 1 is 0.843 bits per heavy atom. The van der Waals surface area contributed by atoms with Gasteiger partial charge in [-0.05, 0) is 42.2 Å². The van der Waals surface area contributed by atoms with Crippen LogP contribution < -0.4 is 33.9 Å². The summed E-state index contributed by atoms with van der Waals surface area (Å²) < 4.78 is 29.0. The lowest BCUT2D eigenvalue weighted by molar-refractivity contribution is -0.145. The number of carbonyl (C=O) groups is 3. The monoisotopic (exact) mass is 696 g/mol. The van der Waals surface area contributed by atoms with Gasteiger partial charge in [0.15, 0.2) is 28.8 Å². The number of ether oxygens (including phenoxy) is 5. The van der Waals surface area contributed by atoms with Gasteiger partial charge in [0.1, 0.15) is 12.4 Å². The molecule has 0 saturated carbocycles. The third-order valence-electron chi connectivity index (χ3n) is 10.1. The van der Waals surface area contributed by atoms with Gasteiger partial charge in [0.05, 0.1) is 45.3 Å². The molecule has 2 amide bonds. The zero-order valence-corrected chi connectivity index (χ0v) is 29.7. The number of anilines is 2. The van der Waals surface area contributed by atoms with E-state index in [2.05, 4.69) is 19.2 Å². The molecule has 1 saturated heterocycles. The molecule has 1 aliphatic carbocycles. The van der Waals surface area contributed by atoms with Crippen LogP contribution in [0.25, 0.3) is 0 Å². The second-order valence-corrected chi connectivity index (χ2v) is 14.0. The first-order valence-corrected chi connectivity index (χ1v) is 17.2. The van der Waals surface area contributed by atoms with Crippen molar-refractivity contribution in [3.05, 3.63) is 77.5 Å². The Morgan fingerprint density at radius 3 is 2.22 bits per heavy atom. The minimum atomic E-state index is -0.749. The molecule has 4 aliphatic rings. The summed E-state index contributed by atoms with van der Waals surface area (Å²) in [5.41, 5.74) is 3.41. The Kier molecular flexibility index (Phi) is 9.17. The van der Waals surface area contributed by atoms with Gasteiger partial charge < -0.3 is 43.7 Å². The topological polar surface area (TPSA) is 119 Å².